The molecule has 3 heteroatoms. The lowest BCUT2D eigenvalue weighted by molar-refractivity contribution is -0.108. The van der Waals surface area contributed by atoms with Crippen LogP contribution in [-0.2, 0) is 4.79 Å². The second kappa shape index (κ2) is 4.41. The van der Waals surface area contributed by atoms with Crippen molar-refractivity contribution < 1.29 is 4.79 Å². The van der Waals surface area contributed by atoms with Gasteiger partial charge in [0.15, 0.2) is 0 Å². The topological polar surface area (TPSA) is 17.1 Å². The number of hydrogen-bond donors (Lipinski definition) is 0. The van der Waals surface area contributed by atoms with E-state index in [0.29, 0.717) is 5.92 Å². The van der Waals surface area contributed by atoms with Crippen molar-refractivity contribution in [2.24, 2.45) is 5.92 Å². The molecule has 0 aliphatic heterocycles. The van der Waals surface area contributed by atoms with Crippen LogP contribution in [0, 0.1) is 5.92 Å². The molecular weight excluding hydrogens is 135 g/mol. The summed E-state index contributed by atoms with van der Waals surface area (Å²) in [6.07, 6.45) is 3.31. The Bertz CT molecular complexity index is 51.7. The van der Waals surface area contributed by atoms with Crippen molar-refractivity contribution >= 4 is 31.1 Å². The number of hydrogen-bond acceptors (Lipinski definition) is 1. The molecule has 0 bridgehead atoms. The van der Waals surface area contributed by atoms with E-state index in [2.05, 4.69) is 0 Å². The first-order valence-corrected chi connectivity index (χ1v) is 1.89. The summed E-state index contributed by atoms with van der Waals surface area (Å²) in [5.74, 6) is 0.454. The molecule has 1 aliphatic carbocycles. The van der Waals surface area contributed by atoms with Crippen LogP contribution in [0.25, 0.3) is 0 Å². The van der Waals surface area contributed by atoms with E-state index in [9.17, 15) is 4.79 Å². The van der Waals surface area contributed by atoms with Gasteiger partial charge in [-0.15, -0.1) is 24.8 Å². The zero-order chi connectivity index (χ0) is 3.70. The van der Waals surface area contributed by atoms with Crippen LogP contribution in [0.15, 0.2) is 0 Å². The number of carbonyl (C=O) groups excluding carboxylic acids is 1. The summed E-state index contributed by atoms with van der Waals surface area (Å²) in [5.41, 5.74) is 0. The number of rotatable bonds is 1. The van der Waals surface area contributed by atoms with Crippen molar-refractivity contribution in [3.63, 3.8) is 0 Å². The molecule has 0 heterocycles. The van der Waals surface area contributed by atoms with Crippen LogP contribution in [0.5, 0.6) is 0 Å². The van der Waals surface area contributed by atoms with Gasteiger partial charge in [0.1, 0.15) is 6.29 Å². The second-order valence-electron chi connectivity index (χ2n) is 1.47. The molecule has 0 N–H and O–H groups in total. The van der Waals surface area contributed by atoms with Crippen LogP contribution in [0.1, 0.15) is 12.8 Å². The molecule has 0 radical (unpaired) electrons. The maximum absolute atomic E-state index is 9.57. The molecule has 0 aromatic heterocycles. The van der Waals surface area contributed by atoms with Gasteiger partial charge >= 0.3 is 0 Å². The summed E-state index contributed by atoms with van der Waals surface area (Å²) in [6.45, 7) is 0. The highest BCUT2D eigenvalue weighted by Gasteiger charge is 2.18. The quantitative estimate of drug-likeness (QED) is 0.507. The van der Waals surface area contributed by atoms with E-state index in [1.54, 1.807) is 0 Å². The molecule has 44 valence electrons. The Kier molecular flexibility index (Phi) is 6.47. The summed E-state index contributed by atoms with van der Waals surface area (Å²) in [7, 11) is 0. The molecule has 0 spiro atoms. The van der Waals surface area contributed by atoms with E-state index in [1.165, 1.54) is 0 Å². The average molecular weight is 143 g/mol. The van der Waals surface area contributed by atoms with Crippen molar-refractivity contribution in [3.05, 3.63) is 0 Å². The first kappa shape index (κ1) is 10.3. The number of carbonyl (C=O) groups is 1. The first-order chi connectivity index (χ1) is 2.43. The SMILES string of the molecule is Cl.Cl.O=CC1CC1. The lowest BCUT2D eigenvalue weighted by atomic mass is 10.5. The molecule has 1 fully saturated rings. The Morgan fingerprint density at radius 2 is 1.71 bits per heavy atom. The highest BCUT2D eigenvalue weighted by molar-refractivity contribution is 5.85. The fraction of sp³-hybridized carbons (Fsp3) is 0.750. The molecule has 0 atom stereocenters. The van der Waals surface area contributed by atoms with Crippen molar-refractivity contribution in [2.45, 2.75) is 12.8 Å². The predicted molar refractivity (Wildman–Crippen MR) is 33.3 cm³/mol. The summed E-state index contributed by atoms with van der Waals surface area (Å²) in [5, 5.41) is 0. The van der Waals surface area contributed by atoms with Gasteiger partial charge in [-0.05, 0) is 12.8 Å². The van der Waals surface area contributed by atoms with Gasteiger partial charge < -0.3 is 4.79 Å². The van der Waals surface area contributed by atoms with Crippen molar-refractivity contribution in [1.29, 1.82) is 0 Å². The minimum absolute atomic E-state index is 0. The van der Waals surface area contributed by atoms with Gasteiger partial charge in [-0.3, -0.25) is 0 Å². The maximum atomic E-state index is 9.57. The molecule has 7 heavy (non-hydrogen) atoms. The van der Waals surface area contributed by atoms with Crippen LogP contribution in [0.4, 0.5) is 0 Å². The standard InChI is InChI=1S/C4H6O.2ClH/c5-3-4-1-2-4;;/h3-4H,1-2H2;2*1H. The fourth-order valence-corrected chi connectivity index (χ4v) is 0.232. The highest BCUT2D eigenvalue weighted by atomic mass is 35.5. The summed E-state index contributed by atoms with van der Waals surface area (Å²) in [4.78, 5) is 9.57. The second-order valence-corrected chi connectivity index (χ2v) is 1.47. The normalized spacial score (nSPS) is 16.0. The fourth-order valence-electron chi connectivity index (χ4n) is 0.232. The van der Waals surface area contributed by atoms with Gasteiger partial charge in [0.25, 0.3) is 0 Å². The lowest BCUT2D eigenvalue weighted by Crippen LogP contribution is -1.66. The third-order valence-electron chi connectivity index (χ3n) is 0.814. The molecular formula is C4H8Cl2O. The van der Waals surface area contributed by atoms with E-state index >= 15 is 0 Å². The van der Waals surface area contributed by atoms with Crippen LogP contribution in [0.2, 0.25) is 0 Å². The minimum atomic E-state index is 0. The summed E-state index contributed by atoms with van der Waals surface area (Å²) >= 11 is 0. The Balaban J connectivity index is 0. The van der Waals surface area contributed by atoms with Crippen molar-refractivity contribution in [3.8, 4) is 0 Å². The van der Waals surface area contributed by atoms with Gasteiger partial charge in [-0.25, -0.2) is 0 Å². The van der Waals surface area contributed by atoms with Gasteiger partial charge in [0.05, 0.1) is 0 Å². The average Bonchev–Trinajstić information content (AvgIpc) is 2.12. The zero-order valence-electron chi connectivity index (χ0n) is 3.79. The maximum Gasteiger partial charge on any atom is 0.123 e. The van der Waals surface area contributed by atoms with E-state index < -0.39 is 0 Å². The summed E-state index contributed by atoms with van der Waals surface area (Å²) < 4.78 is 0. The number of aldehydes is 1. The predicted octanol–water partition coefficient (Wildman–Crippen LogP) is 1.44. The molecule has 1 rings (SSSR count). The molecule has 1 aliphatic rings. The smallest absolute Gasteiger partial charge is 0.123 e. The minimum Gasteiger partial charge on any atom is -0.303 e. The van der Waals surface area contributed by atoms with E-state index in [-0.39, 0.29) is 24.8 Å². The third-order valence-corrected chi connectivity index (χ3v) is 0.814. The van der Waals surface area contributed by atoms with E-state index in [4.69, 9.17) is 0 Å². The van der Waals surface area contributed by atoms with Crippen LogP contribution in [0.3, 0.4) is 0 Å². The third kappa shape index (κ3) is 4.10. The Morgan fingerprint density at radius 1 is 1.29 bits per heavy atom. The largest absolute Gasteiger partial charge is 0.303 e. The van der Waals surface area contributed by atoms with Crippen LogP contribution >= 0.6 is 24.8 Å². The molecule has 0 unspecified atom stereocenters. The van der Waals surface area contributed by atoms with E-state index in [1.807, 2.05) is 0 Å². The van der Waals surface area contributed by atoms with Crippen molar-refractivity contribution in [1.82, 2.24) is 0 Å². The highest BCUT2D eigenvalue weighted by Crippen LogP contribution is 2.25. The molecule has 0 aromatic rings. The monoisotopic (exact) mass is 142 g/mol. The number of halogens is 2. The lowest BCUT2D eigenvalue weighted by Gasteiger charge is -1.56. The molecule has 1 saturated carbocycles. The Hall–Kier alpha value is 0.250. The van der Waals surface area contributed by atoms with Gasteiger partial charge in [0.2, 0.25) is 0 Å². The van der Waals surface area contributed by atoms with E-state index in [0.717, 1.165) is 19.1 Å². The van der Waals surface area contributed by atoms with Crippen LogP contribution in [-0.4, -0.2) is 6.29 Å². The van der Waals surface area contributed by atoms with Gasteiger partial charge in [0, 0.05) is 5.92 Å². The summed E-state index contributed by atoms with van der Waals surface area (Å²) in [6, 6.07) is 0. The first-order valence-electron chi connectivity index (χ1n) is 1.89. The van der Waals surface area contributed by atoms with Crippen molar-refractivity contribution in [2.75, 3.05) is 0 Å². The zero-order valence-corrected chi connectivity index (χ0v) is 5.43. The van der Waals surface area contributed by atoms with Crippen LogP contribution < -0.4 is 0 Å². The molecule has 0 saturated heterocycles. The molecule has 0 aromatic carbocycles. The van der Waals surface area contributed by atoms with Gasteiger partial charge in [-0.2, -0.15) is 0 Å². The Morgan fingerprint density at radius 3 is 1.71 bits per heavy atom. The Labute approximate surface area is 55.3 Å². The molecule has 0 amide bonds. The molecule has 1 nitrogen and oxygen atoms in total. The van der Waals surface area contributed by atoms with Gasteiger partial charge in [-0.1, -0.05) is 0 Å².